The van der Waals surface area contributed by atoms with E-state index in [0.29, 0.717) is 5.56 Å². The second-order valence-electron chi connectivity index (χ2n) is 7.09. The number of halogens is 3. The highest BCUT2D eigenvalue weighted by molar-refractivity contribution is 7.09. The predicted molar refractivity (Wildman–Crippen MR) is 91.8 cm³/mol. The van der Waals surface area contributed by atoms with E-state index in [-0.39, 0.29) is 29.7 Å². The summed E-state index contributed by atoms with van der Waals surface area (Å²) in [5.41, 5.74) is 0.288. The van der Waals surface area contributed by atoms with Crippen molar-refractivity contribution < 1.29 is 22.7 Å². The van der Waals surface area contributed by atoms with Crippen LogP contribution in [0.15, 0.2) is 23.7 Å². The Kier molecular flexibility index (Phi) is 5.05. The Bertz CT molecular complexity index is 784. The summed E-state index contributed by atoms with van der Waals surface area (Å²) in [5.74, 6) is -0.159. The molecule has 1 saturated carbocycles. The molecule has 0 saturated heterocycles. The SMILES string of the molecule is CC(C)(CC(=O)c1ccc(C2CC2)c(OCC(F)(F)F)n1)c1nccs1. The molecule has 0 bridgehead atoms. The highest BCUT2D eigenvalue weighted by Gasteiger charge is 2.33. The molecule has 0 atom stereocenters. The summed E-state index contributed by atoms with van der Waals surface area (Å²) >= 11 is 1.46. The number of pyridine rings is 1. The average molecular weight is 384 g/mol. The third-order valence-electron chi connectivity index (χ3n) is 4.18. The van der Waals surface area contributed by atoms with Crippen molar-refractivity contribution in [1.82, 2.24) is 9.97 Å². The van der Waals surface area contributed by atoms with Crippen LogP contribution in [0, 0.1) is 0 Å². The van der Waals surface area contributed by atoms with Crippen LogP contribution in [0.25, 0.3) is 0 Å². The van der Waals surface area contributed by atoms with E-state index in [2.05, 4.69) is 9.97 Å². The van der Waals surface area contributed by atoms with Crippen molar-refractivity contribution in [2.24, 2.45) is 0 Å². The highest BCUT2D eigenvalue weighted by Crippen LogP contribution is 2.44. The maximum Gasteiger partial charge on any atom is 0.422 e. The summed E-state index contributed by atoms with van der Waals surface area (Å²) < 4.78 is 42.4. The number of hydrogen-bond acceptors (Lipinski definition) is 5. The summed E-state index contributed by atoms with van der Waals surface area (Å²) in [6.07, 6.45) is -0.814. The molecule has 0 N–H and O–H groups in total. The molecule has 2 heterocycles. The van der Waals surface area contributed by atoms with Crippen LogP contribution in [0.1, 0.15) is 60.1 Å². The number of ketones is 1. The molecule has 2 aromatic heterocycles. The van der Waals surface area contributed by atoms with Gasteiger partial charge in [-0.25, -0.2) is 9.97 Å². The van der Waals surface area contributed by atoms with Crippen LogP contribution in [0.2, 0.25) is 0 Å². The van der Waals surface area contributed by atoms with E-state index in [4.69, 9.17) is 4.74 Å². The fourth-order valence-corrected chi connectivity index (χ4v) is 3.47. The summed E-state index contributed by atoms with van der Waals surface area (Å²) in [5, 5.41) is 2.67. The topological polar surface area (TPSA) is 52.1 Å². The lowest BCUT2D eigenvalue weighted by Crippen LogP contribution is -2.23. The van der Waals surface area contributed by atoms with Gasteiger partial charge in [0.2, 0.25) is 5.88 Å². The van der Waals surface area contributed by atoms with Crippen LogP contribution in [0.5, 0.6) is 5.88 Å². The van der Waals surface area contributed by atoms with E-state index in [1.54, 1.807) is 18.3 Å². The normalized spacial score (nSPS) is 15.1. The van der Waals surface area contributed by atoms with E-state index in [1.165, 1.54) is 11.3 Å². The van der Waals surface area contributed by atoms with Gasteiger partial charge in [0.1, 0.15) is 5.69 Å². The van der Waals surface area contributed by atoms with Gasteiger partial charge in [-0.15, -0.1) is 11.3 Å². The molecule has 1 aliphatic carbocycles. The zero-order chi connectivity index (χ0) is 18.9. The lowest BCUT2D eigenvalue weighted by atomic mass is 9.87. The van der Waals surface area contributed by atoms with Crippen molar-refractivity contribution in [3.05, 3.63) is 40.0 Å². The number of thiazole rings is 1. The molecule has 140 valence electrons. The molecular formula is C18H19F3N2O2S. The van der Waals surface area contributed by atoms with Crippen molar-refractivity contribution in [3.8, 4) is 5.88 Å². The van der Waals surface area contributed by atoms with Crippen LogP contribution in [-0.2, 0) is 5.41 Å². The highest BCUT2D eigenvalue weighted by atomic mass is 32.1. The molecule has 3 rings (SSSR count). The number of aromatic nitrogens is 2. The Balaban J connectivity index is 1.79. The molecule has 0 aromatic carbocycles. The molecule has 26 heavy (non-hydrogen) atoms. The van der Waals surface area contributed by atoms with Crippen molar-refractivity contribution >= 4 is 17.1 Å². The maximum atomic E-state index is 12.6. The second-order valence-corrected chi connectivity index (χ2v) is 7.98. The summed E-state index contributed by atoms with van der Waals surface area (Å²) in [6, 6.07) is 3.24. The van der Waals surface area contributed by atoms with Crippen molar-refractivity contribution in [1.29, 1.82) is 0 Å². The van der Waals surface area contributed by atoms with Gasteiger partial charge in [0.15, 0.2) is 12.4 Å². The van der Waals surface area contributed by atoms with E-state index < -0.39 is 18.2 Å². The number of nitrogens with zero attached hydrogens (tertiary/aromatic N) is 2. The fraction of sp³-hybridized carbons (Fsp3) is 0.500. The number of rotatable bonds is 7. The van der Waals surface area contributed by atoms with E-state index in [0.717, 1.165) is 17.8 Å². The van der Waals surface area contributed by atoms with E-state index >= 15 is 0 Å². The number of carbonyl (C=O) groups is 1. The summed E-state index contributed by atoms with van der Waals surface area (Å²) in [6.45, 7) is 2.40. The van der Waals surface area contributed by atoms with Crippen molar-refractivity contribution in [2.45, 2.75) is 50.6 Å². The first-order chi connectivity index (χ1) is 12.2. The molecule has 0 aliphatic heterocycles. The minimum absolute atomic E-state index is 0.0808. The lowest BCUT2D eigenvalue weighted by molar-refractivity contribution is -0.154. The maximum absolute atomic E-state index is 12.6. The number of Topliss-reactive ketones (excluding diaryl/α,β-unsaturated/α-hetero) is 1. The molecule has 0 radical (unpaired) electrons. The van der Waals surface area contributed by atoms with Gasteiger partial charge in [-0.2, -0.15) is 13.2 Å². The number of alkyl halides is 3. The third-order valence-corrected chi connectivity index (χ3v) is 5.32. The minimum Gasteiger partial charge on any atom is -0.468 e. The minimum atomic E-state index is -4.45. The van der Waals surface area contributed by atoms with Gasteiger partial charge in [-0.3, -0.25) is 4.79 Å². The predicted octanol–water partition coefficient (Wildman–Crippen LogP) is 4.91. The van der Waals surface area contributed by atoms with Gasteiger partial charge in [-0.1, -0.05) is 19.9 Å². The monoisotopic (exact) mass is 384 g/mol. The first kappa shape index (κ1) is 18.8. The number of carbonyl (C=O) groups excluding carboxylic acids is 1. The lowest BCUT2D eigenvalue weighted by Gasteiger charge is -2.21. The first-order valence-corrected chi connectivity index (χ1v) is 9.17. The van der Waals surface area contributed by atoms with Crippen molar-refractivity contribution in [3.63, 3.8) is 0 Å². The average Bonchev–Trinajstić information content (AvgIpc) is 3.23. The third kappa shape index (κ3) is 4.60. The van der Waals surface area contributed by atoms with Crippen molar-refractivity contribution in [2.75, 3.05) is 6.61 Å². The fourth-order valence-electron chi connectivity index (χ4n) is 2.70. The van der Waals surface area contributed by atoms with Crippen LogP contribution in [-0.4, -0.2) is 28.5 Å². The van der Waals surface area contributed by atoms with Gasteiger partial charge < -0.3 is 4.74 Å². The second kappa shape index (κ2) is 6.98. The quantitative estimate of drug-likeness (QED) is 0.637. The van der Waals surface area contributed by atoms with Crippen LogP contribution < -0.4 is 4.74 Å². The molecule has 1 aliphatic rings. The van der Waals surface area contributed by atoms with Crippen LogP contribution in [0.4, 0.5) is 13.2 Å². The molecule has 0 spiro atoms. The van der Waals surface area contributed by atoms with Gasteiger partial charge in [0.05, 0.1) is 5.01 Å². The molecule has 4 nitrogen and oxygen atoms in total. The molecule has 0 amide bonds. The zero-order valence-corrected chi connectivity index (χ0v) is 15.3. The summed E-state index contributed by atoms with van der Waals surface area (Å²) in [4.78, 5) is 21.0. The molecule has 8 heteroatoms. The van der Waals surface area contributed by atoms with Gasteiger partial charge in [0, 0.05) is 29.0 Å². The van der Waals surface area contributed by atoms with Crippen LogP contribution in [0.3, 0.4) is 0 Å². The zero-order valence-electron chi connectivity index (χ0n) is 14.5. The van der Waals surface area contributed by atoms with E-state index in [9.17, 15) is 18.0 Å². The molecule has 2 aromatic rings. The largest absolute Gasteiger partial charge is 0.468 e. The first-order valence-electron chi connectivity index (χ1n) is 8.29. The summed E-state index contributed by atoms with van der Waals surface area (Å²) in [7, 11) is 0. The molecule has 0 unspecified atom stereocenters. The Hall–Kier alpha value is -1.96. The van der Waals surface area contributed by atoms with Gasteiger partial charge in [0.25, 0.3) is 0 Å². The number of ether oxygens (including phenoxy) is 1. The Morgan fingerprint density at radius 2 is 2.04 bits per heavy atom. The standard InChI is InChI=1S/C18H19F3N2O2S/c1-17(2,16-22-7-8-26-16)9-14(24)13-6-5-12(11-3-4-11)15(23-13)25-10-18(19,20)21/h5-8,11H,3-4,9-10H2,1-2H3. The molecular weight excluding hydrogens is 365 g/mol. The van der Waals surface area contributed by atoms with Gasteiger partial charge in [-0.05, 0) is 24.8 Å². The van der Waals surface area contributed by atoms with E-state index in [1.807, 2.05) is 19.2 Å². The molecule has 1 fully saturated rings. The Morgan fingerprint density at radius 1 is 1.31 bits per heavy atom. The Morgan fingerprint density at radius 3 is 2.62 bits per heavy atom. The Labute approximate surface area is 153 Å². The van der Waals surface area contributed by atoms with Crippen LogP contribution >= 0.6 is 11.3 Å². The van der Waals surface area contributed by atoms with Gasteiger partial charge >= 0.3 is 6.18 Å². The number of hydrogen-bond donors (Lipinski definition) is 0. The smallest absolute Gasteiger partial charge is 0.422 e.